The number of benzene rings is 2. The van der Waals surface area contributed by atoms with Crippen molar-refractivity contribution >= 4 is 0 Å². The second kappa shape index (κ2) is 8.11. The maximum absolute atomic E-state index is 11.5. The van der Waals surface area contributed by atoms with E-state index in [1.54, 1.807) is 0 Å². The van der Waals surface area contributed by atoms with Crippen LogP contribution in [0.25, 0.3) is 0 Å². The molecule has 1 saturated heterocycles. The summed E-state index contributed by atoms with van der Waals surface area (Å²) in [5, 5.41) is 31.8. The molecule has 25 heavy (non-hydrogen) atoms. The average Bonchev–Trinajstić information content (AvgIpc) is 2.65. The number of aliphatic hydroxyl groups is 3. The highest BCUT2D eigenvalue weighted by Crippen LogP contribution is 2.34. The molecule has 0 amide bonds. The molecule has 4 heteroatoms. The third-order valence-corrected chi connectivity index (χ3v) is 5.06. The van der Waals surface area contributed by atoms with E-state index in [4.69, 9.17) is 0 Å². The van der Waals surface area contributed by atoms with Crippen molar-refractivity contribution in [3.05, 3.63) is 71.8 Å². The Hall–Kier alpha value is -1.72. The zero-order chi connectivity index (χ0) is 17.7. The van der Waals surface area contributed by atoms with Gasteiger partial charge in [-0.15, -0.1) is 0 Å². The zero-order valence-corrected chi connectivity index (χ0v) is 14.5. The van der Waals surface area contributed by atoms with Crippen molar-refractivity contribution in [2.45, 2.75) is 37.1 Å². The first-order chi connectivity index (χ1) is 12.1. The third-order valence-electron chi connectivity index (χ3n) is 5.06. The van der Waals surface area contributed by atoms with Crippen molar-refractivity contribution in [1.82, 2.24) is 4.90 Å². The van der Waals surface area contributed by atoms with E-state index >= 15 is 0 Å². The summed E-state index contributed by atoms with van der Waals surface area (Å²) in [6, 6.07) is 19.1. The molecule has 0 radical (unpaired) electrons. The fourth-order valence-electron chi connectivity index (χ4n) is 3.64. The van der Waals surface area contributed by atoms with Crippen LogP contribution in [0.15, 0.2) is 60.7 Å². The lowest BCUT2D eigenvalue weighted by Crippen LogP contribution is -2.43. The fourth-order valence-corrected chi connectivity index (χ4v) is 3.64. The molecule has 0 spiro atoms. The van der Waals surface area contributed by atoms with Crippen molar-refractivity contribution in [1.29, 1.82) is 0 Å². The normalized spacial score (nSPS) is 18.2. The summed E-state index contributed by atoms with van der Waals surface area (Å²) in [6.07, 6.45) is 0.850. The number of β-amino-alcohol motifs (C(OH)–C–C–N with tert-alkyl or cyclic N) is 1. The maximum atomic E-state index is 11.5. The summed E-state index contributed by atoms with van der Waals surface area (Å²) in [5.74, 6) is 0. The van der Waals surface area contributed by atoms with Gasteiger partial charge in [-0.05, 0) is 24.0 Å². The zero-order valence-electron chi connectivity index (χ0n) is 14.5. The van der Waals surface area contributed by atoms with Gasteiger partial charge in [-0.3, -0.25) is 0 Å². The Morgan fingerprint density at radius 2 is 1.40 bits per heavy atom. The monoisotopic (exact) mass is 341 g/mol. The Labute approximate surface area is 149 Å². The molecule has 134 valence electrons. The summed E-state index contributed by atoms with van der Waals surface area (Å²) in [7, 11) is 0. The van der Waals surface area contributed by atoms with Gasteiger partial charge >= 0.3 is 0 Å². The van der Waals surface area contributed by atoms with Crippen molar-refractivity contribution < 1.29 is 15.3 Å². The molecule has 0 saturated carbocycles. The number of hydrogen-bond acceptors (Lipinski definition) is 4. The number of piperidine rings is 1. The molecule has 1 atom stereocenters. The Bertz CT molecular complexity index is 599. The van der Waals surface area contributed by atoms with Crippen LogP contribution in [0, 0.1) is 0 Å². The first-order valence-corrected chi connectivity index (χ1v) is 9.00. The van der Waals surface area contributed by atoms with Crippen LogP contribution in [-0.2, 0) is 5.60 Å². The minimum atomic E-state index is -1.22. The predicted octanol–water partition coefficient (Wildman–Crippen LogP) is 2.13. The van der Waals surface area contributed by atoms with Crippen LogP contribution < -0.4 is 0 Å². The first-order valence-electron chi connectivity index (χ1n) is 9.00. The Kier molecular flexibility index (Phi) is 5.86. The van der Waals surface area contributed by atoms with Crippen LogP contribution >= 0.6 is 0 Å². The predicted molar refractivity (Wildman–Crippen MR) is 98.2 cm³/mol. The molecule has 2 aromatic rings. The molecule has 4 nitrogen and oxygen atoms in total. The van der Waals surface area contributed by atoms with Gasteiger partial charge < -0.3 is 20.2 Å². The molecule has 3 N–H and O–H groups in total. The highest BCUT2D eigenvalue weighted by molar-refractivity contribution is 5.36. The fraction of sp³-hybridized carbons (Fsp3) is 0.429. The summed E-state index contributed by atoms with van der Waals surface area (Å²) in [5.41, 5.74) is 0.348. The number of likely N-dealkylation sites (tertiary alicyclic amines) is 1. The quantitative estimate of drug-likeness (QED) is 0.753. The van der Waals surface area contributed by atoms with Gasteiger partial charge in [0.15, 0.2) is 0 Å². The lowest BCUT2D eigenvalue weighted by Gasteiger charge is -2.35. The molecule has 0 aromatic heterocycles. The molecule has 2 aromatic carbocycles. The largest absolute Gasteiger partial charge is 0.393 e. The van der Waals surface area contributed by atoms with Crippen molar-refractivity contribution in [2.75, 3.05) is 19.6 Å². The smallest absolute Gasteiger partial charge is 0.117 e. The number of hydrogen-bond donors (Lipinski definition) is 3. The van der Waals surface area contributed by atoms with Crippen LogP contribution in [0.2, 0.25) is 0 Å². The van der Waals surface area contributed by atoms with E-state index in [-0.39, 0.29) is 12.5 Å². The van der Waals surface area contributed by atoms with Crippen molar-refractivity contribution in [3.8, 4) is 0 Å². The highest BCUT2D eigenvalue weighted by Gasteiger charge is 2.34. The van der Waals surface area contributed by atoms with Gasteiger partial charge in [-0.2, -0.15) is 0 Å². The van der Waals surface area contributed by atoms with Crippen molar-refractivity contribution in [3.63, 3.8) is 0 Å². The van der Waals surface area contributed by atoms with Gasteiger partial charge in [0.05, 0.1) is 12.2 Å². The second-order valence-electron chi connectivity index (χ2n) is 6.98. The van der Waals surface area contributed by atoms with Gasteiger partial charge in [0.2, 0.25) is 0 Å². The molecule has 1 fully saturated rings. The van der Waals surface area contributed by atoms with Crippen LogP contribution in [0.1, 0.15) is 30.4 Å². The van der Waals surface area contributed by atoms with Crippen LogP contribution in [0.4, 0.5) is 0 Å². The van der Waals surface area contributed by atoms with E-state index in [1.165, 1.54) is 0 Å². The standard InChI is InChI=1S/C21H27NO3/c23-19-11-13-22(14-12-19)16-20(24)15-21(25,17-7-3-1-4-8-17)18-9-5-2-6-10-18/h1-10,19-20,23-25H,11-16H2. The number of aliphatic hydroxyl groups excluding tert-OH is 2. The SMILES string of the molecule is OC1CCN(CC(O)CC(O)(c2ccccc2)c2ccccc2)CC1. The van der Waals surface area contributed by atoms with E-state index in [1.807, 2.05) is 60.7 Å². The topological polar surface area (TPSA) is 63.9 Å². The van der Waals surface area contributed by atoms with E-state index in [2.05, 4.69) is 4.90 Å². The van der Waals surface area contributed by atoms with Gasteiger partial charge in [0, 0.05) is 26.1 Å². The van der Waals surface area contributed by atoms with E-state index in [9.17, 15) is 15.3 Å². The molecule has 1 aliphatic rings. The average molecular weight is 341 g/mol. The first kappa shape index (κ1) is 18.1. The lowest BCUT2D eigenvalue weighted by atomic mass is 9.81. The molecular weight excluding hydrogens is 314 g/mol. The van der Waals surface area contributed by atoms with E-state index < -0.39 is 11.7 Å². The third kappa shape index (κ3) is 4.47. The number of rotatable bonds is 6. The van der Waals surface area contributed by atoms with Crippen LogP contribution in [-0.4, -0.2) is 52.1 Å². The van der Waals surface area contributed by atoms with Crippen molar-refractivity contribution in [2.24, 2.45) is 0 Å². The summed E-state index contributed by atoms with van der Waals surface area (Å²) in [4.78, 5) is 2.16. The summed E-state index contributed by atoms with van der Waals surface area (Å²) in [6.45, 7) is 2.08. The number of nitrogens with zero attached hydrogens (tertiary/aromatic N) is 1. The minimum absolute atomic E-state index is 0.223. The molecule has 1 unspecified atom stereocenters. The molecule has 3 rings (SSSR count). The van der Waals surface area contributed by atoms with E-state index in [0.717, 1.165) is 37.1 Å². The lowest BCUT2D eigenvalue weighted by molar-refractivity contribution is -0.00529. The van der Waals surface area contributed by atoms with E-state index in [0.29, 0.717) is 6.54 Å². The van der Waals surface area contributed by atoms with Gasteiger partial charge in [0.25, 0.3) is 0 Å². The Morgan fingerprint density at radius 3 is 1.88 bits per heavy atom. The minimum Gasteiger partial charge on any atom is -0.393 e. The maximum Gasteiger partial charge on any atom is 0.117 e. The Balaban J connectivity index is 1.76. The molecular formula is C21H27NO3. The van der Waals surface area contributed by atoms with Crippen LogP contribution in [0.5, 0.6) is 0 Å². The van der Waals surface area contributed by atoms with Gasteiger partial charge in [-0.25, -0.2) is 0 Å². The van der Waals surface area contributed by atoms with Gasteiger partial charge in [-0.1, -0.05) is 60.7 Å². The molecule has 1 heterocycles. The molecule has 0 bridgehead atoms. The summed E-state index contributed by atoms with van der Waals surface area (Å²) < 4.78 is 0. The molecule has 0 aliphatic carbocycles. The van der Waals surface area contributed by atoms with Crippen LogP contribution in [0.3, 0.4) is 0 Å². The summed E-state index contributed by atoms with van der Waals surface area (Å²) >= 11 is 0. The highest BCUT2D eigenvalue weighted by atomic mass is 16.3. The Morgan fingerprint density at radius 1 is 0.920 bits per heavy atom. The molecule has 1 aliphatic heterocycles. The van der Waals surface area contributed by atoms with Gasteiger partial charge in [0.1, 0.15) is 5.60 Å². The second-order valence-corrected chi connectivity index (χ2v) is 6.98.